The summed E-state index contributed by atoms with van der Waals surface area (Å²) in [6.45, 7) is 10.6. The van der Waals surface area contributed by atoms with Crippen LogP contribution in [-0.2, 0) is 0 Å². The third-order valence-electron chi connectivity index (χ3n) is 6.91. The second kappa shape index (κ2) is 7.70. The maximum absolute atomic E-state index is 5.04. The molecule has 5 heterocycles. The lowest BCUT2D eigenvalue weighted by molar-refractivity contribution is 0.218. The van der Waals surface area contributed by atoms with E-state index in [9.17, 15) is 0 Å². The van der Waals surface area contributed by atoms with Crippen LogP contribution in [0.2, 0.25) is 0 Å². The standard InChI is InChI=1S/C26H31N7/c1-16-10-23(30-33-14-19(4)28-26(16)33)22-11-24(20-6-5-7-20)32-15-21(8-9-25(32)29-22)31-12-17(2)27-18(3)13-31/h8-11,14-15,17-18,27H,5-7,12-13H2,1-4H3/t17-,18+. The molecule has 1 aliphatic carbocycles. The van der Waals surface area contributed by atoms with Gasteiger partial charge in [0.15, 0.2) is 5.65 Å². The summed E-state index contributed by atoms with van der Waals surface area (Å²) in [7, 11) is 0. The number of imidazole rings is 1. The van der Waals surface area contributed by atoms with Gasteiger partial charge in [0.2, 0.25) is 0 Å². The van der Waals surface area contributed by atoms with Crippen LogP contribution in [0, 0.1) is 13.8 Å². The van der Waals surface area contributed by atoms with Crippen LogP contribution in [0.15, 0.2) is 58.7 Å². The monoisotopic (exact) mass is 441 g/mol. The van der Waals surface area contributed by atoms with Gasteiger partial charge in [-0.15, -0.1) is 0 Å². The maximum atomic E-state index is 5.04. The van der Waals surface area contributed by atoms with Crippen molar-refractivity contribution in [3.8, 4) is 0 Å². The Morgan fingerprint density at radius 3 is 2.58 bits per heavy atom. The van der Waals surface area contributed by atoms with E-state index < -0.39 is 0 Å². The number of aryl methyl sites for hydroxylation is 2. The van der Waals surface area contributed by atoms with Gasteiger partial charge in [0.25, 0.3) is 0 Å². The van der Waals surface area contributed by atoms with Gasteiger partial charge in [0.1, 0.15) is 11.5 Å². The van der Waals surface area contributed by atoms with Gasteiger partial charge in [-0.3, -0.25) is 4.90 Å². The molecule has 170 valence electrons. The van der Waals surface area contributed by atoms with E-state index in [1.807, 2.05) is 17.6 Å². The van der Waals surface area contributed by atoms with Gasteiger partial charge in [0, 0.05) is 37.1 Å². The molecular weight excluding hydrogens is 410 g/mol. The van der Waals surface area contributed by atoms with Gasteiger partial charge in [-0.05, 0) is 82.4 Å². The lowest BCUT2D eigenvalue weighted by Crippen LogP contribution is -2.53. The number of aliphatic imine (C=N–C) groups is 1. The van der Waals surface area contributed by atoms with Crippen LogP contribution in [0.1, 0.15) is 50.1 Å². The van der Waals surface area contributed by atoms with Crippen LogP contribution in [-0.4, -0.2) is 55.4 Å². The van der Waals surface area contributed by atoms with Crippen LogP contribution in [0.5, 0.6) is 0 Å². The van der Waals surface area contributed by atoms with E-state index in [4.69, 9.17) is 10.1 Å². The van der Waals surface area contributed by atoms with Gasteiger partial charge in [0.05, 0.1) is 23.3 Å². The summed E-state index contributed by atoms with van der Waals surface area (Å²) < 4.78 is 1.88. The molecule has 0 unspecified atom stereocenters. The predicted molar refractivity (Wildman–Crippen MR) is 131 cm³/mol. The van der Waals surface area contributed by atoms with Crippen molar-refractivity contribution < 1.29 is 0 Å². The molecule has 7 nitrogen and oxygen atoms in total. The van der Waals surface area contributed by atoms with Crippen molar-refractivity contribution in [2.45, 2.75) is 59.0 Å². The number of piperazine rings is 1. The molecule has 4 aliphatic rings. The zero-order valence-electron chi connectivity index (χ0n) is 19.8. The van der Waals surface area contributed by atoms with Crippen LogP contribution >= 0.6 is 0 Å². The molecule has 7 heteroatoms. The van der Waals surface area contributed by atoms with Crippen LogP contribution in [0.3, 0.4) is 0 Å². The number of hydrogen-bond donors (Lipinski definition) is 1. The maximum Gasteiger partial charge on any atom is 0.156 e. The lowest BCUT2D eigenvalue weighted by atomic mass is 9.89. The summed E-state index contributed by atoms with van der Waals surface area (Å²) in [6.07, 6.45) is 14.4. The van der Waals surface area contributed by atoms with Crippen LogP contribution in [0.4, 0.5) is 0 Å². The van der Waals surface area contributed by atoms with Crippen molar-refractivity contribution in [3.05, 3.63) is 70.6 Å². The molecule has 0 bridgehead atoms. The van der Waals surface area contributed by atoms with E-state index in [2.05, 4.69) is 71.4 Å². The van der Waals surface area contributed by atoms with Gasteiger partial charge in [-0.1, -0.05) is 0 Å². The fourth-order valence-corrected chi connectivity index (χ4v) is 5.23. The third-order valence-corrected chi connectivity index (χ3v) is 6.91. The molecule has 6 rings (SSSR count). The Bertz CT molecular complexity index is 1270. The molecule has 1 saturated carbocycles. The Morgan fingerprint density at radius 1 is 1.06 bits per heavy atom. The Labute approximate surface area is 194 Å². The second-order valence-electron chi connectivity index (χ2n) is 9.84. The molecule has 3 aliphatic heterocycles. The van der Waals surface area contributed by atoms with Gasteiger partial charge in [-0.25, -0.2) is 14.5 Å². The van der Waals surface area contributed by atoms with Gasteiger partial charge in [-0.2, -0.15) is 5.10 Å². The Hall–Kier alpha value is -3.19. The molecule has 2 atom stereocenters. The number of nitrogens with one attached hydrogen (secondary N) is 1. The molecule has 1 N–H and O–H groups in total. The number of fused-ring (bicyclic) bond motifs is 2. The minimum atomic E-state index is 0.478. The minimum Gasteiger partial charge on any atom is -0.367 e. The largest absolute Gasteiger partial charge is 0.367 e. The van der Waals surface area contributed by atoms with E-state index in [1.54, 1.807) is 0 Å². The molecule has 33 heavy (non-hydrogen) atoms. The first-order valence-corrected chi connectivity index (χ1v) is 12.0. The molecule has 2 aromatic rings. The quantitative estimate of drug-likeness (QED) is 0.765. The summed E-state index contributed by atoms with van der Waals surface area (Å²) in [5.74, 6) is 0.961. The highest BCUT2D eigenvalue weighted by Gasteiger charge is 2.29. The number of rotatable bonds is 2. The highest BCUT2D eigenvalue weighted by molar-refractivity contribution is 6.02. The van der Waals surface area contributed by atoms with Gasteiger partial charge < -0.3 is 10.2 Å². The van der Waals surface area contributed by atoms with Gasteiger partial charge >= 0.3 is 0 Å². The van der Waals surface area contributed by atoms with Crippen molar-refractivity contribution in [1.29, 1.82) is 0 Å². The highest BCUT2D eigenvalue weighted by atomic mass is 15.3. The first-order chi connectivity index (χ1) is 15.9. The molecule has 2 aromatic heterocycles. The van der Waals surface area contributed by atoms with E-state index in [0.29, 0.717) is 12.1 Å². The fourth-order valence-electron chi connectivity index (χ4n) is 5.23. The first kappa shape index (κ1) is 20.4. The second-order valence-corrected chi connectivity index (χ2v) is 9.84. The normalized spacial score (nSPS) is 25.0. The average molecular weight is 442 g/mol. The SMILES string of the molecule is Cc1cn2nc(C3=CC(=C4CCC4)N4C=C(N5C[C@@H](C)N[C@@H](C)C5)C=CC4=N3)cc(C)c2n1. The van der Waals surface area contributed by atoms with E-state index in [-0.39, 0.29) is 0 Å². The Balaban J connectivity index is 1.39. The topological polar surface area (TPSA) is 61.1 Å². The zero-order chi connectivity index (χ0) is 22.7. The van der Waals surface area contributed by atoms with Crippen LogP contribution in [0.25, 0.3) is 11.3 Å². The zero-order valence-corrected chi connectivity index (χ0v) is 19.8. The van der Waals surface area contributed by atoms with E-state index in [1.165, 1.54) is 23.4 Å². The fraction of sp³-hybridized carbons (Fsp3) is 0.423. The number of aromatic nitrogens is 3. The molecule has 0 radical (unpaired) electrons. The molecule has 0 amide bonds. The van der Waals surface area contributed by atoms with Crippen LogP contribution < -0.4 is 5.32 Å². The van der Waals surface area contributed by atoms with Crippen molar-refractivity contribution in [1.82, 2.24) is 29.7 Å². The summed E-state index contributed by atoms with van der Waals surface area (Å²) >= 11 is 0. The Kier molecular flexibility index (Phi) is 4.76. The summed E-state index contributed by atoms with van der Waals surface area (Å²) in [6, 6.07) is 3.06. The third kappa shape index (κ3) is 3.60. The van der Waals surface area contributed by atoms with E-state index >= 15 is 0 Å². The smallest absolute Gasteiger partial charge is 0.156 e. The number of allylic oxidation sites excluding steroid dienone is 3. The van der Waals surface area contributed by atoms with Crippen molar-refractivity contribution in [2.24, 2.45) is 4.99 Å². The summed E-state index contributed by atoms with van der Waals surface area (Å²) in [5.41, 5.74) is 8.81. The summed E-state index contributed by atoms with van der Waals surface area (Å²) in [5, 5.41) is 8.47. The molecule has 0 spiro atoms. The molecule has 0 aromatic carbocycles. The van der Waals surface area contributed by atoms with Crippen molar-refractivity contribution >= 4 is 17.2 Å². The molecule has 2 fully saturated rings. The minimum absolute atomic E-state index is 0.478. The number of nitrogens with zero attached hydrogens (tertiary/aromatic N) is 6. The number of hydrogen-bond acceptors (Lipinski definition) is 6. The average Bonchev–Trinajstić information content (AvgIpc) is 3.12. The predicted octanol–water partition coefficient (Wildman–Crippen LogP) is 3.93. The van der Waals surface area contributed by atoms with Crippen molar-refractivity contribution in [3.63, 3.8) is 0 Å². The lowest BCUT2D eigenvalue weighted by Gasteiger charge is -2.40. The molecule has 1 saturated heterocycles. The number of amidine groups is 1. The highest BCUT2D eigenvalue weighted by Crippen LogP contribution is 2.37. The van der Waals surface area contributed by atoms with Crippen molar-refractivity contribution in [2.75, 3.05) is 13.1 Å². The van der Waals surface area contributed by atoms with E-state index in [0.717, 1.165) is 60.1 Å². The Morgan fingerprint density at radius 2 is 1.85 bits per heavy atom. The summed E-state index contributed by atoms with van der Waals surface area (Å²) in [4.78, 5) is 14.4. The molecular formula is C26H31N7. The first-order valence-electron chi connectivity index (χ1n) is 12.0.